The van der Waals surface area contributed by atoms with Crippen molar-refractivity contribution in [3.63, 3.8) is 0 Å². The standard InChI is InChI=1S/C9H20N2O/c1-8(12)6-10-9-4-3-5-11(2)7-9/h8-10,12H,3-7H2,1-2H3. The molecular formula is C9H20N2O. The second-order valence-corrected chi connectivity index (χ2v) is 3.86. The van der Waals surface area contributed by atoms with Crippen LogP contribution in [0.5, 0.6) is 0 Å². The molecule has 0 aromatic heterocycles. The van der Waals surface area contributed by atoms with Gasteiger partial charge in [0.1, 0.15) is 0 Å². The van der Waals surface area contributed by atoms with E-state index in [4.69, 9.17) is 5.11 Å². The minimum Gasteiger partial charge on any atom is -0.392 e. The molecule has 0 aromatic rings. The number of nitrogens with zero attached hydrogens (tertiary/aromatic N) is 1. The zero-order valence-electron chi connectivity index (χ0n) is 8.08. The van der Waals surface area contributed by atoms with Crippen LogP contribution in [0.3, 0.4) is 0 Å². The predicted octanol–water partition coefficient (Wildman–Crippen LogP) is 0.0510. The van der Waals surface area contributed by atoms with Crippen LogP contribution in [-0.2, 0) is 0 Å². The molecule has 0 saturated carbocycles. The maximum absolute atomic E-state index is 9.07. The number of aliphatic hydroxyl groups excluding tert-OH is 1. The highest BCUT2D eigenvalue weighted by atomic mass is 16.3. The number of likely N-dealkylation sites (N-methyl/N-ethyl adjacent to an activating group) is 1. The van der Waals surface area contributed by atoms with E-state index in [2.05, 4.69) is 17.3 Å². The van der Waals surface area contributed by atoms with E-state index in [9.17, 15) is 0 Å². The molecule has 0 radical (unpaired) electrons. The summed E-state index contributed by atoms with van der Waals surface area (Å²) in [4.78, 5) is 2.34. The molecule has 1 heterocycles. The van der Waals surface area contributed by atoms with E-state index >= 15 is 0 Å². The van der Waals surface area contributed by atoms with Gasteiger partial charge in [0, 0.05) is 19.1 Å². The first-order chi connectivity index (χ1) is 5.68. The van der Waals surface area contributed by atoms with Crippen LogP contribution in [0.4, 0.5) is 0 Å². The Morgan fingerprint density at radius 2 is 2.42 bits per heavy atom. The highest BCUT2D eigenvalue weighted by molar-refractivity contribution is 4.76. The molecule has 1 rings (SSSR count). The van der Waals surface area contributed by atoms with Gasteiger partial charge >= 0.3 is 0 Å². The summed E-state index contributed by atoms with van der Waals surface area (Å²) in [6.45, 7) is 4.87. The van der Waals surface area contributed by atoms with Crippen molar-refractivity contribution in [2.45, 2.75) is 31.9 Å². The maximum Gasteiger partial charge on any atom is 0.0636 e. The van der Waals surface area contributed by atoms with Gasteiger partial charge in [-0.25, -0.2) is 0 Å². The first kappa shape index (κ1) is 9.96. The summed E-state index contributed by atoms with van der Waals surface area (Å²) < 4.78 is 0. The van der Waals surface area contributed by atoms with Crippen molar-refractivity contribution in [2.24, 2.45) is 0 Å². The highest BCUT2D eigenvalue weighted by Crippen LogP contribution is 2.07. The van der Waals surface area contributed by atoms with E-state index in [0.717, 1.165) is 13.1 Å². The van der Waals surface area contributed by atoms with Gasteiger partial charge in [-0.3, -0.25) is 0 Å². The molecule has 2 atom stereocenters. The zero-order valence-corrected chi connectivity index (χ0v) is 8.08. The third kappa shape index (κ3) is 3.52. The monoisotopic (exact) mass is 172 g/mol. The summed E-state index contributed by atoms with van der Waals surface area (Å²) in [5.41, 5.74) is 0. The molecule has 0 aliphatic carbocycles. The zero-order chi connectivity index (χ0) is 8.97. The van der Waals surface area contributed by atoms with Gasteiger partial charge in [0.05, 0.1) is 6.10 Å². The van der Waals surface area contributed by atoms with Crippen LogP contribution in [0.15, 0.2) is 0 Å². The van der Waals surface area contributed by atoms with Crippen molar-refractivity contribution in [3.05, 3.63) is 0 Å². The summed E-state index contributed by atoms with van der Waals surface area (Å²) in [6, 6.07) is 0.582. The van der Waals surface area contributed by atoms with Gasteiger partial charge in [0.15, 0.2) is 0 Å². The molecule has 12 heavy (non-hydrogen) atoms. The number of nitrogens with one attached hydrogen (secondary N) is 1. The molecule has 1 aliphatic heterocycles. The van der Waals surface area contributed by atoms with Gasteiger partial charge in [0.25, 0.3) is 0 Å². The maximum atomic E-state index is 9.07. The van der Waals surface area contributed by atoms with E-state index in [-0.39, 0.29) is 6.10 Å². The number of hydrogen-bond donors (Lipinski definition) is 2. The van der Waals surface area contributed by atoms with Crippen LogP contribution in [0.25, 0.3) is 0 Å². The quantitative estimate of drug-likeness (QED) is 0.631. The number of aliphatic hydroxyl groups is 1. The first-order valence-electron chi connectivity index (χ1n) is 4.78. The van der Waals surface area contributed by atoms with Crippen molar-refractivity contribution >= 4 is 0 Å². The molecule has 3 nitrogen and oxygen atoms in total. The SMILES string of the molecule is CC(O)CNC1CCCN(C)C1. The van der Waals surface area contributed by atoms with Crippen molar-refractivity contribution in [1.29, 1.82) is 0 Å². The summed E-state index contributed by atoms with van der Waals surface area (Å²) in [7, 11) is 2.15. The molecule has 0 spiro atoms. The van der Waals surface area contributed by atoms with E-state index in [1.54, 1.807) is 0 Å². The van der Waals surface area contributed by atoms with Crippen LogP contribution >= 0.6 is 0 Å². The third-order valence-electron chi connectivity index (χ3n) is 2.33. The molecular weight excluding hydrogens is 152 g/mol. The largest absolute Gasteiger partial charge is 0.392 e. The van der Waals surface area contributed by atoms with Gasteiger partial charge in [-0.1, -0.05) is 0 Å². The Morgan fingerprint density at radius 3 is 3.00 bits per heavy atom. The average molecular weight is 172 g/mol. The van der Waals surface area contributed by atoms with E-state index in [0.29, 0.717) is 6.04 Å². The number of likely N-dealkylation sites (tertiary alicyclic amines) is 1. The minimum atomic E-state index is -0.225. The Labute approximate surface area is 74.8 Å². The molecule has 0 amide bonds. The summed E-state index contributed by atoms with van der Waals surface area (Å²) in [5.74, 6) is 0. The van der Waals surface area contributed by atoms with Crippen molar-refractivity contribution in [1.82, 2.24) is 10.2 Å². The molecule has 0 bridgehead atoms. The van der Waals surface area contributed by atoms with Crippen molar-refractivity contribution in [2.75, 3.05) is 26.7 Å². The number of rotatable bonds is 3. The predicted molar refractivity (Wildman–Crippen MR) is 50.2 cm³/mol. The smallest absolute Gasteiger partial charge is 0.0636 e. The fourth-order valence-corrected chi connectivity index (χ4v) is 1.67. The van der Waals surface area contributed by atoms with Crippen LogP contribution in [0.2, 0.25) is 0 Å². The Kier molecular flexibility index (Phi) is 3.98. The van der Waals surface area contributed by atoms with Crippen LogP contribution in [0, 0.1) is 0 Å². The molecule has 1 aliphatic rings. The van der Waals surface area contributed by atoms with E-state index < -0.39 is 0 Å². The lowest BCUT2D eigenvalue weighted by molar-refractivity contribution is 0.167. The van der Waals surface area contributed by atoms with E-state index in [1.165, 1.54) is 19.4 Å². The fourth-order valence-electron chi connectivity index (χ4n) is 1.67. The van der Waals surface area contributed by atoms with Gasteiger partial charge < -0.3 is 15.3 Å². The average Bonchev–Trinajstić information content (AvgIpc) is 2.01. The third-order valence-corrected chi connectivity index (χ3v) is 2.33. The fraction of sp³-hybridized carbons (Fsp3) is 1.00. The summed E-state index contributed by atoms with van der Waals surface area (Å²) in [5, 5.41) is 12.4. The van der Waals surface area contributed by atoms with Gasteiger partial charge in [-0.05, 0) is 33.4 Å². The summed E-state index contributed by atoms with van der Waals surface area (Å²) >= 11 is 0. The molecule has 2 N–H and O–H groups in total. The Morgan fingerprint density at radius 1 is 1.67 bits per heavy atom. The first-order valence-corrected chi connectivity index (χ1v) is 4.78. The lowest BCUT2D eigenvalue weighted by Gasteiger charge is -2.30. The minimum absolute atomic E-state index is 0.225. The second kappa shape index (κ2) is 4.80. The molecule has 3 heteroatoms. The van der Waals surface area contributed by atoms with Gasteiger partial charge in [-0.15, -0.1) is 0 Å². The molecule has 2 unspecified atom stereocenters. The van der Waals surface area contributed by atoms with Crippen LogP contribution in [-0.4, -0.2) is 48.8 Å². The Bertz CT molecular complexity index is 128. The van der Waals surface area contributed by atoms with Crippen molar-refractivity contribution < 1.29 is 5.11 Å². The topological polar surface area (TPSA) is 35.5 Å². The number of hydrogen-bond acceptors (Lipinski definition) is 3. The lowest BCUT2D eigenvalue weighted by atomic mass is 10.1. The van der Waals surface area contributed by atoms with Crippen LogP contribution < -0.4 is 5.32 Å². The summed E-state index contributed by atoms with van der Waals surface area (Å²) in [6.07, 6.45) is 2.29. The Hall–Kier alpha value is -0.120. The highest BCUT2D eigenvalue weighted by Gasteiger charge is 2.16. The van der Waals surface area contributed by atoms with Crippen molar-refractivity contribution in [3.8, 4) is 0 Å². The lowest BCUT2D eigenvalue weighted by Crippen LogP contribution is -2.45. The van der Waals surface area contributed by atoms with Gasteiger partial charge in [0.2, 0.25) is 0 Å². The Balaban J connectivity index is 2.14. The molecule has 1 fully saturated rings. The normalized spacial score (nSPS) is 28.8. The molecule has 1 saturated heterocycles. The number of piperidine rings is 1. The van der Waals surface area contributed by atoms with Crippen LogP contribution in [0.1, 0.15) is 19.8 Å². The van der Waals surface area contributed by atoms with Gasteiger partial charge in [-0.2, -0.15) is 0 Å². The molecule has 72 valence electrons. The second-order valence-electron chi connectivity index (χ2n) is 3.86. The molecule has 0 aromatic carbocycles. The van der Waals surface area contributed by atoms with E-state index in [1.807, 2.05) is 6.92 Å².